The summed E-state index contributed by atoms with van der Waals surface area (Å²) in [5.41, 5.74) is 21.3. The van der Waals surface area contributed by atoms with Crippen LogP contribution in [-0.4, -0.2) is 41.6 Å². The maximum absolute atomic E-state index is 14.2. The van der Waals surface area contributed by atoms with Gasteiger partial charge in [-0.05, 0) is 66.8 Å². The van der Waals surface area contributed by atoms with E-state index >= 15 is 0 Å². The molecular weight excluding hydrogens is 598 g/mol. The van der Waals surface area contributed by atoms with Crippen LogP contribution in [0.2, 0.25) is 0 Å². The summed E-state index contributed by atoms with van der Waals surface area (Å²) in [5, 5.41) is 3.58. The van der Waals surface area contributed by atoms with E-state index in [2.05, 4.69) is 11.9 Å². The number of ether oxygens (including phenoxy) is 1. The molecule has 2 heterocycles. The summed E-state index contributed by atoms with van der Waals surface area (Å²) in [6, 6.07) is 16.8. The molecule has 0 spiro atoms. The first kappa shape index (κ1) is 29.8. The molecule has 1 fully saturated rings. The van der Waals surface area contributed by atoms with Gasteiger partial charge in [0.05, 0.1) is 20.7 Å². The maximum atomic E-state index is 14.2. The third-order valence-electron chi connectivity index (χ3n) is 8.40. The Hall–Kier alpha value is -4.22. The number of Topliss-reactive ketones (excluding diaryl/α,β-unsaturated/α-hetero) is 1. The number of rotatable bonds is 6. The van der Waals surface area contributed by atoms with Crippen LogP contribution in [-0.2, 0) is 15.1 Å². The minimum absolute atomic E-state index is 0.0720. The molecule has 3 unspecified atom stereocenters. The number of carbonyl (C=O) groups is 3. The van der Waals surface area contributed by atoms with E-state index in [4.69, 9.17) is 33.5 Å². The van der Waals surface area contributed by atoms with Crippen molar-refractivity contribution in [2.75, 3.05) is 18.8 Å². The lowest BCUT2D eigenvalue weighted by Gasteiger charge is -2.37. The number of hydrogen-bond acceptors (Lipinski definition) is 8. The summed E-state index contributed by atoms with van der Waals surface area (Å²) in [6.07, 6.45) is 1.37. The van der Waals surface area contributed by atoms with Gasteiger partial charge in [-0.3, -0.25) is 14.4 Å². The van der Waals surface area contributed by atoms with E-state index in [0.29, 0.717) is 74.8 Å². The molecule has 3 aromatic carbocycles. The molecule has 44 heavy (non-hydrogen) atoms. The van der Waals surface area contributed by atoms with E-state index in [1.54, 1.807) is 29.2 Å². The number of halogens is 1. The van der Waals surface area contributed by atoms with Crippen molar-refractivity contribution in [3.8, 4) is 11.5 Å². The molecule has 1 saturated heterocycles. The Morgan fingerprint density at radius 3 is 2.55 bits per heavy atom. The van der Waals surface area contributed by atoms with E-state index < -0.39 is 17.4 Å². The highest BCUT2D eigenvalue weighted by Crippen LogP contribution is 2.50. The standard InChI is InChI=1S/C33H32ClN5O4S/c1-17-15-21(43-20-8-4-3-5-9-20)10-11-22(17)33(37)23-12-13-24(35)28-25(23)26(27(36)30(33)40)29(44-28)31(41)38-19-7-6-14-39(16-19)32(42)18(2)34/h3-5,8-13,15,19,27H,2,6-7,14,16,35-37H2,1H3,(H,38,41). The van der Waals surface area contributed by atoms with Crippen molar-refractivity contribution in [2.45, 2.75) is 37.4 Å². The molecule has 0 bridgehead atoms. The van der Waals surface area contributed by atoms with Gasteiger partial charge in [0.1, 0.15) is 17.0 Å². The second-order valence-electron chi connectivity index (χ2n) is 11.3. The van der Waals surface area contributed by atoms with Gasteiger partial charge in [-0.2, -0.15) is 0 Å². The first-order valence-electron chi connectivity index (χ1n) is 14.2. The van der Waals surface area contributed by atoms with Crippen molar-refractivity contribution in [2.24, 2.45) is 11.5 Å². The van der Waals surface area contributed by atoms with Crippen molar-refractivity contribution >= 4 is 56.3 Å². The molecule has 2 aliphatic rings. The first-order valence-corrected chi connectivity index (χ1v) is 15.4. The molecule has 1 aliphatic carbocycles. The van der Waals surface area contributed by atoms with Crippen LogP contribution >= 0.6 is 22.9 Å². The molecule has 11 heteroatoms. The van der Waals surface area contributed by atoms with Crippen molar-refractivity contribution in [3.05, 3.63) is 99.4 Å². The molecule has 226 valence electrons. The molecule has 6 rings (SSSR count). The molecule has 0 saturated carbocycles. The predicted octanol–water partition coefficient (Wildman–Crippen LogP) is 4.84. The number of ketones is 1. The Morgan fingerprint density at radius 1 is 1.11 bits per heavy atom. The largest absolute Gasteiger partial charge is 0.457 e. The third kappa shape index (κ3) is 4.93. The molecule has 4 aromatic rings. The SMILES string of the molecule is C=C(Cl)C(=O)N1CCCC(NC(=O)c2sc3c(N)ccc4c3c2C(N)C(=O)C4(N)c2ccc(Oc3ccccc3)cc2C)C1. The number of piperidine rings is 1. The minimum atomic E-state index is -1.59. The molecule has 2 amide bonds. The zero-order chi connectivity index (χ0) is 31.3. The van der Waals surface area contributed by atoms with E-state index in [-0.39, 0.29) is 22.9 Å². The van der Waals surface area contributed by atoms with E-state index in [9.17, 15) is 14.4 Å². The third-order valence-corrected chi connectivity index (χ3v) is 9.81. The van der Waals surface area contributed by atoms with Crippen LogP contribution in [0.3, 0.4) is 0 Å². The molecular formula is C33H32ClN5O4S. The Kier molecular flexibility index (Phi) is 7.71. The zero-order valence-corrected chi connectivity index (χ0v) is 25.6. The highest BCUT2D eigenvalue weighted by Gasteiger charge is 2.49. The summed E-state index contributed by atoms with van der Waals surface area (Å²) >= 11 is 7.02. The van der Waals surface area contributed by atoms with Crippen molar-refractivity contribution in [3.63, 3.8) is 0 Å². The number of nitrogens with one attached hydrogen (secondary N) is 1. The summed E-state index contributed by atoms with van der Waals surface area (Å²) in [7, 11) is 0. The number of aryl methyl sites for hydroxylation is 1. The zero-order valence-electron chi connectivity index (χ0n) is 24.1. The van der Waals surface area contributed by atoms with Gasteiger partial charge in [0.2, 0.25) is 0 Å². The number of hydrogen-bond donors (Lipinski definition) is 4. The summed E-state index contributed by atoms with van der Waals surface area (Å²) in [4.78, 5) is 42.2. The van der Waals surface area contributed by atoms with Crippen LogP contribution in [0.5, 0.6) is 11.5 Å². The highest BCUT2D eigenvalue weighted by molar-refractivity contribution is 7.21. The molecule has 1 aliphatic heterocycles. The normalized spacial score (nSPS) is 21.3. The number of amides is 2. The quantitative estimate of drug-likeness (QED) is 0.176. The lowest BCUT2D eigenvalue weighted by atomic mass is 9.69. The summed E-state index contributed by atoms with van der Waals surface area (Å²) in [5.74, 6) is 0.107. The van der Waals surface area contributed by atoms with Gasteiger partial charge < -0.3 is 32.2 Å². The molecule has 3 atom stereocenters. The van der Waals surface area contributed by atoms with E-state index in [1.807, 2.05) is 43.3 Å². The van der Waals surface area contributed by atoms with E-state index in [0.717, 1.165) is 5.56 Å². The minimum Gasteiger partial charge on any atom is -0.457 e. The second kappa shape index (κ2) is 11.4. The number of anilines is 1. The van der Waals surface area contributed by atoms with Gasteiger partial charge in [0.25, 0.3) is 11.8 Å². The Bertz CT molecular complexity index is 1840. The van der Waals surface area contributed by atoms with Crippen LogP contribution in [0.25, 0.3) is 10.1 Å². The number of carbonyl (C=O) groups excluding carboxylic acids is 3. The summed E-state index contributed by atoms with van der Waals surface area (Å²) in [6.45, 7) is 6.22. The molecule has 1 aromatic heterocycles. The Morgan fingerprint density at radius 2 is 1.84 bits per heavy atom. The molecule has 9 nitrogen and oxygen atoms in total. The fourth-order valence-electron chi connectivity index (χ4n) is 6.30. The number of para-hydroxylation sites is 1. The van der Waals surface area contributed by atoms with Gasteiger partial charge in [-0.15, -0.1) is 11.3 Å². The number of nitrogens with zero attached hydrogens (tertiary/aromatic N) is 1. The fraction of sp³-hybridized carbons (Fsp3) is 0.242. The van der Waals surface area contributed by atoms with Crippen molar-refractivity contribution < 1.29 is 19.1 Å². The van der Waals surface area contributed by atoms with Crippen LogP contribution in [0.15, 0.2) is 72.3 Å². The average Bonchev–Trinajstić information content (AvgIpc) is 3.42. The van der Waals surface area contributed by atoms with Gasteiger partial charge in [0.15, 0.2) is 5.78 Å². The van der Waals surface area contributed by atoms with Gasteiger partial charge >= 0.3 is 0 Å². The molecule has 0 radical (unpaired) electrons. The van der Waals surface area contributed by atoms with Crippen molar-refractivity contribution in [1.82, 2.24) is 10.2 Å². The lowest BCUT2D eigenvalue weighted by Crippen LogP contribution is -2.53. The van der Waals surface area contributed by atoms with Crippen LogP contribution < -0.4 is 27.3 Å². The van der Waals surface area contributed by atoms with Crippen molar-refractivity contribution in [1.29, 1.82) is 0 Å². The monoisotopic (exact) mass is 629 g/mol. The van der Waals surface area contributed by atoms with Gasteiger partial charge in [-0.1, -0.05) is 48.5 Å². The van der Waals surface area contributed by atoms with E-state index in [1.165, 1.54) is 11.3 Å². The maximum Gasteiger partial charge on any atom is 0.264 e. The fourth-order valence-corrected chi connectivity index (χ4v) is 7.62. The van der Waals surface area contributed by atoms with Crippen LogP contribution in [0, 0.1) is 6.92 Å². The number of likely N-dealkylation sites (tertiary alicyclic amines) is 1. The Labute approximate surface area is 263 Å². The highest BCUT2D eigenvalue weighted by atomic mass is 35.5. The number of benzene rings is 3. The lowest BCUT2D eigenvalue weighted by molar-refractivity contribution is -0.127. The van der Waals surface area contributed by atoms with Crippen LogP contribution in [0.4, 0.5) is 5.69 Å². The molecule has 7 N–H and O–H groups in total. The number of nitrogens with two attached hydrogens (primary N) is 3. The van der Waals surface area contributed by atoms with Gasteiger partial charge in [0, 0.05) is 35.8 Å². The predicted molar refractivity (Wildman–Crippen MR) is 173 cm³/mol. The second-order valence-corrected chi connectivity index (χ2v) is 12.7. The smallest absolute Gasteiger partial charge is 0.264 e. The Balaban J connectivity index is 1.38. The topological polar surface area (TPSA) is 154 Å². The summed E-state index contributed by atoms with van der Waals surface area (Å²) < 4.78 is 6.63. The van der Waals surface area contributed by atoms with Gasteiger partial charge in [-0.25, -0.2) is 0 Å². The average molecular weight is 630 g/mol. The number of thiophene rings is 1. The van der Waals surface area contributed by atoms with Crippen LogP contribution in [0.1, 0.15) is 50.8 Å². The number of nitrogen functional groups attached to an aromatic ring is 1. The first-order chi connectivity index (χ1) is 21.0.